The van der Waals surface area contributed by atoms with Crippen LogP contribution in [0.4, 0.5) is 14.5 Å². The molecular formula is C14H18F2N2O3. The SMILES string of the molecule is NCCCCCCC(=O)Nc1ccc2c(c1)OC(F)(F)O2. The van der Waals surface area contributed by atoms with E-state index in [2.05, 4.69) is 14.8 Å². The number of fused-ring (bicyclic) bond motifs is 1. The van der Waals surface area contributed by atoms with Crippen LogP contribution in [0.1, 0.15) is 32.1 Å². The molecule has 0 aliphatic carbocycles. The lowest BCUT2D eigenvalue weighted by molar-refractivity contribution is -0.286. The second-order valence-electron chi connectivity index (χ2n) is 4.83. The Bertz CT molecular complexity index is 509. The van der Waals surface area contributed by atoms with Crippen LogP contribution in [0.5, 0.6) is 11.5 Å². The summed E-state index contributed by atoms with van der Waals surface area (Å²) in [4.78, 5) is 11.7. The third-order valence-electron chi connectivity index (χ3n) is 3.04. The first kappa shape index (κ1) is 15.5. The molecule has 0 unspecified atom stereocenters. The molecule has 0 fully saturated rings. The minimum atomic E-state index is -3.64. The Balaban J connectivity index is 1.80. The van der Waals surface area contributed by atoms with Crippen LogP contribution in [-0.2, 0) is 4.79 Å². The standard InChI is InChI=1S/C14H18F2N2O3/c15-14(16)20-11-7-6-10(9-12(11)21-14)18-13(19)5-3-1-2-4-8-17/h6-7,9H,1-5,8,17H2,(H,18,19). The van der Waals surface area contributed by atoms with E-state index in [0.717, 1.165) is 25.7 Å². The minimum absolute atomic E-state index is 0.0419. The molecule has 0 atom stereocenters. The molecule has 1 aliphatic heterocycles. The number of alkyl halides is 2. The van der Waals surface area contributed by atoms with Gasteiger partial charge in [0.1, 0.15) is 0 Å². The Morgan fingerprint density at radius 2 is 1.86 bits per heavy atom. The normalized spacial score (nSPS) is 15.0. The van der Waals surface area contributed by atoms with Crippen molar-refractivity contribution in [1.82, 2.24) is 0 Å². The number of carbonyl (C=O) groups excluding carboxylic acids is 1. The number of benzene rings is 1. The Hall–Kier alpha value is -1.89. The zero-order valence-corrected chi connectivity index (χ0v) is 11.5. The molecular weight excluding hydrogens is 282 g/mol. The zero-order valence-electron chi connectivity index (χ0n) is 11.5. The van der Waals surface area contributed by atoms with Gasteiger partial charge in [-0.3, -0.25) is 4.79 Å². The van der Waals surface area contributed by atoms with Crippen molar-refractivity contribution in [1.29, 1.82) is 0 Å². The van der Waals surface area contributed by atoms with Crippen molar-refractivity contribution in [2.24, 2.45) is 5.73 Å². The number of carbonyl (C=O) groups is 1. The Morgan fingerprint density at radius 3 is 2.62 bits per heavy atom. The Kier molecular flexibility index (Phi) is 4.95. The van der Waals surface area contributed by atoms with Gasteiger partial charge in [0.25, 0.3) is 0 Å². The van der Waals surface area contributed by atoms with E-state index in [-0.39, 0.29) is 17.4 Å². The Labute approximate surface area is 121 Å². The quantitative estimate of drug-likeness (QED) is 0.759. The fourth-order valence-corrected chi connectivity index (χ4v) is 2.03. The van der Waals surface area contributed by atoms with Crippen LogP contribution in [-0.4, -0.2) is 18.7 Å². The smallest absolute Gasteiger partial charge is 0.395 e. The summed E-state index contributed by atoms with van der Waals surface area (Å²) in [5, 5.41) is 2.65. The van der Waals surface area contributed by atoms with Crippen LogP contribution in [0.3, 0.4) is 0 Å². The monoisotopic (exact) mass is 300 g/mol. The van der Waals surface area contributed by atoms with Crippen molar-refractivity contribution < 1.29 is 23.0 Å². The molecule has 0 aromatic heterocycles. The van der Waals surface area contributed by atoms with E-state index in [9.17, 15) is 13.6 Å². The van der Waals surface area contributed by atoms with E-state index in [1.54, 1.807) is 0 Å². The van der Waals surface area contributed by atoms with Crippen LogP contribution in [0.15, 0.2) is 18.2 Å². The molecule has 5 nitrogen and oxygen atoms in total. The van der Waals surface area contributed by atoms with Gasteiger partial charge in [-0.15, -0.1) is 8.78 Å². The first-order valence-corrected chi connectivity index (χ1v) is 6.90. The summed E-state index contributed by atoms with van der Waals surface area (Å²) in [5.74, 6) is -0.283. The number of rotatable bonds is 7. The predicted molar refractivity (Wildman–Crippen MR) is 73.4 cm³/mol. The molecule has 116 valence electrons. The number of anilines is 1. The van der Waals surface area contributed by atoms with E-state index in [1.807, 2.05) is 0 Å². The van der Waals surface area contributed by atoms with E-state index in [1.165, 1.54) is 18.2 Å². The molecule has 21 heavy (non-hydrogen) atoms. The van der Waals surface area contributed by atoms with E-state index < -0.39 is 6.29 Å². The summed E-state index contributed by atoms with van der Waals surface area (Å²) in [5.41, 5.74) is 5.79. The van der Waals surface area contributed by atoms with Crippen LogP contribution >= 0.6 is 0 Å². The fourth-order valence-electron chi connectivity index (χ4n) is 2.03. The van der Waals surface area contributed by atoms with Crippen LogP contribution < -0.4 is 20.5 Å². The van der Waals surface area contributed by atoms with Gasteiger partial charge in [-0.2, -0.15) is 0 Å². The molecule has 1 amide bonds. The molecule has 1 heterocycles. The average Bonchev–Trinajstić information content (AvgIpc) is 2.71. The molecule has 0 spiro atoms. The van der Waals surface area contributed by atoms with E-state index >= 15 is 0 Å². The fraction of sp³-hybridized carbons (Fsp3) is 0.500. The number of nitrogens with one attached hydrogen (secondary N) is 1. The molecule has 2 rings (SSSR count). The van der Waals surface area contributed by atoms with Crippen molar-refractivity contribution in [2.45, 2.75) is 38.4 Å². The topological polar surface area (TPSA) is 73.6 Å². The van der Waals surface area contributed by atoms with Crippen LogP contribution in [0.25, 0.3) is 0 Å². The van der Waals surface area contributed by atoms with Gasteiger partial charge in [0, 0.05) is 18.2 Å². The number of hydrogen-bond acceptors (Lipinski definition) is 4. The average molecular weight is 300 g/mol. The lowest BCUT2D eigenvalue weighted by Gasteiger charge is -2.06. The Morgan fingerprint density at radius 1 is 1.14 bits per heavy atom. The summed E-state index contributed by atoms with van der Waals surface area (Å²) in [7, 11) is 0. The number of amides is 1. The zero-order chi connectivity index (χ0) is 15.3. The number of unbranched alkanes of at least 4 members (excludes halogenated alkanes) is 3. The van der Waals surface area contributed by atoms with Gasteiger partial charge in [0.05, 0.1) is 0 Å². The van der Waals surface area contributed by atoms with Gasteiger partial charge in [-0.25, -0.2) is 0 Å². The van der Waals surface area contributed by atoms with Crippen molar-refractivity contribution in [3.8, 4) is 11.5 Å². The lowest BCUT2D eigenvalue weighted by Crippen LogP contribution is -2.25. The van der Waals surface area contributed by atoms with Gasteiger partial charge in [0.2, 0.25) is 5.91 Å². The third-order valence-corrected chi connectivity index (χ3v) is 3.04. The second-order valence-corrected chi connectivity index (χ2v) is 4.83. The molecule has 1 aliphatic rings. The highest BCUT2D eigenvalue weighted by atomic mass is 19.3. The van der Waals surface area contributed by atoms with Gasteiger partial charge >= 0.3 is 6.29 Å². The number of ether oxygens (including phenoxy) is 2. The van der Waals surface area contributed by atoms with Gasteiger partial charge in [-0.05, 0) is 31.5 Å². The molecule has 1 aromatic rings. The number of halogens is 2. The highest BCUT2D eigenvalue weighted by Gasteiger charge is 2.43. The molecule has 0 saturated carbocycles. The summed E-state index contributed by atoms with van der Waals surface area (Å²) in [6, 6.07) is 4.16. The van der Waals surface area contributed by atoms with Crippen molar-refractivity contribution >= 4 is 11.6 Å². The largest absolute Gasteiger partial charge is 0.586 e. The molecule has 1 aromatic carbocycles. The second kappa shape index (κ2) is 6.71. The minimum Gasteiger partial charge on any atom is -0.395 e. The summed E-state index contributed by atoms with van der Waals surface area (Å²) in [6.07, 6.45) is 0.413. The van der Waals surface area contributed by atoms with Gasteiger partial charge < -0.3 is 20.5 Å². The van der Waals surface area contributed by atoms with E-state index in [0.29, 0.717) is 18.7 Å². The highest BCUT2D eigenvalue weighted by molar-refractivity contribution is 5.91. The number of hydrogen-bond donors (Lipinski definition) is 2. The molecule has 0 radical (unpaired) electrons. The summed E-state index contributed by atoms with van der Waals surface area (Å²) >= 11 is 0. The predicted octanol–water partition coefficient (Wildman–Crippen LogP) is 2.86. The van der Waals surface area contributed by atoms with Crippen molar-refractivity contribution in [2.75, 3.05) is 11.9 Å². The molecule has 3 N–H and O–H groups in total. The van der Waals surface area contributed by atoms with Crippen LogP contribution in [0.2, 0.25) is 0 Å². The third kappa shape index (κ3) is 4.56. The van der Waals surface area contributed by atoms with Crippen molar-refractivity contribution in [3.05, 3.63) is 18.2 Å². The summed E-state index contributed by atoms with van der Waals surface area (Å²) < 4.78 is 34.3. The maximum absolute atomic E-state index is 12.9. The summed E-state index contributed by atoms with van der Waals surface area (Å²) in [6.45, 7) is 0.661. The van der Waals surface area contributed by atoms with Gasteiger partial charge in [-0.1, -0.05) is 12.8 Å². The number of nitrogens with two attached hydrogens (primary N) is 1. The van der Waals surface area contributed by atoms with Crippen molar-refractivity contribution in [3.63, 3.8) is 0 Å². The first-order valence-electron chi connectivity index (χ1n) is 6.90. The molecule has 7 heteroatoms. The van der Waals surface area contributed by atoms with E-state index in [4.69, 9.17) is 5.73 Å². The lowest BCUT2D eigenvalue weighted by atomic mass is 10.1. The first-order chi connectivity index (χ1) is 10.00. The maximum Gasteiger partial charge on any atom is 0.586 e. The van der Waals surface area contributed by atoms with Crippen LogP contribution in [0, 0.1) is 0 Å². The maximum atomic E-state index is 12.9. The van der Waals surface area contributed by atoms with Gasteiger partial charge in [0.15, 0.2) is 11.5 Å². The molecule has 0 bridgehead atoms. The molecule has 0 saturated heterocycles. The highest BCUT2D eigenvalue weighted by Crippen LogP contribution is 2.42.